The first kappa shape index (κ1) is 23.3. The normalized spacial score (nSPS) is 11.8. The Balaban J connectivity index is 1.85. The summed E-state index contributed by atoms with van der Waals surface area (Å²) in [6, 6.07) is 20.1. The number of ether oxygens (including phenoxy) is 1. The molecule has 0 saturated heterocycles. The van der Waals surface area contributed by atoms with Crippen molar-refractivity contribution in [3.05, 3.63) is 83.0 Å². The highest BCUT2D eigenvalue weighted by atomic mass is 16.5. The summed E-state index contributed by atoms with van der Waals surface area (Å²) in [6.07, 6.45) is 1.62. The maximum Gasteiger partial charge on any atom is 0.339 e. The summed E-state index contributed by atoms with van der Waals surface area (Å²) in [5.41, 5.74) is 5.35. The van der Waals surface area contributed by atoms with Crippen LogP contribution < -0.4 is 5.32 Å². The van der Waals surface area contributed by atoms with E-state index in [1.165, 1.54) is 5.56 Å². The van der Waals surface area contributed by atoms with Crippen LogP contribution in [0.2, 0.25) is 0 Å². The summed E-state index contributed by atoms with van der Waals surface area (Å²) in [6.45, 7) is 8.20. The summed E-state index contributed by atoms with van der Waals surface area (Å²) in [5.74, 6) is -0.441. The third kappa shape index (κ3) is 5.67. The molecule has 0 unspecified atom stereocenters. The number of amides is 1. The van der Waals surface area contributed by atoms with Gasteiger partial charge < -0.3 is 14.6 Å². The molecule has 5 heteroatoms. The average molecular weight is 433 g/mol. The second-order valence-electron chi connectivity index (χ2n) is 8.06. The Morgan fingerprint density at radius 3 is 2.31 bits per heavy atom. The van der Waals surface area contributed by atoms with Crippen LogP contribution in [0.4, 0.5) is 0 Å². The minimum atomic E-state index is -0.368. The minimum Gasteiger partial charge on any atom is -0.462 e. The Bertz CT molecular complexity index is 1050. The van der Waals surface area contributed by atoms with Crippen molar-refractivity contribution < 1.29 is 14.3 Å². The molecule has 0 saturated carbocycles. The zero-order chi connectivity index (χ0) is 23.1. The van der Waals surface area contributed by atoms with Gasteiger partial charge in [-0.1, -0.05) is 67.1 Å². The van der Waals surface area contributed by atoms with Gasteiger partial charge in [0, 0.05) is 17.4 Å². The summed E-state index contributed by atoms with van der Waals surface area (Å²) >= 11 is 0. The lowest BCUT2D eigenvalue weighted by atomic mass is 10.0. The molecule has 32 heavy (non-hydrogen) atoms. The van der Waals surface area contributed by atoms with Gasteiger partial charge in [0.1, 0.15) is 6.54 Å². The highest BCUT2D eigenvalue weighted by Crippen LogP contribution is 2.27. The molecule has 1 aromatic heterocycles. The van der Waals surface area contributed by atoms with Crippen LogP contribution in [0.5, 0.6) is 0 Å². The van der Waals surface area contributed by atoms with Gasteiger partial charge in [-0.2, -0.15) is 0 Å². The zero-order valence-corrected chi connectivity index (χ0v) is 19.4. The Hall–Kier alpha value is -3.34. The van der Waals surface area contributed by atoms with E-state index in [1.54, 1.807) is 6.92 Å². The van der Waals surface area contributed by atoms with Crippen molar-refractivity contribution in [2.45, 2.75) is 53.1 Å². The van der Waals surface area contributed by atoms with E-state index in [1.807, 2.05) is 66.9 Å². The first-order valence-corrected chi connectivity index (χ1v) is 11.2. The van der Waals surface area contributed by atoms with Gasteiger partial charge in [-0.25, -0.2) is 4.79 Å². The number of carbonyl (C=O) groups is 2. The van der Waals surface area contributed by atoms with Crippen molar-refractivity contribution in [2.75, 3.05) is 6.61 Å². The fourth-order valence-corrected chi connectivity index (χ4v) is 3.84. The van der Waals surface area contributed by atoms with E-state index in [0.29, 0.717) is 12.2 Å². The van der Waals surface area contributed by atoms with Crippen LogP contribution in [0.1, 0.15) is 47.4 Å². The second-order valence-corrected chi connectivity index (χ2v) is 8.06. The van der Waals surface area contributed by atoms with Crippen LogP contribution in [0.15, 0.2) is 60.7 Å². The molecule has 2 aromatic carbocycles. The first-order chi connectivity index (χ1) is 15.4. The standard InChI is InChI=1S/C27H32N2O3/c1-5-23(16-21-10-8-7-9-11-21)28-26(30)18-29-20(4)24(27(31)32-6-2)17-25(29)22-14-12-19(3)13-15-22/h7-15,17,23H,5-6,16,18H2,1-4H3,(H,28,30)/t23-/m1/s1. The lowest BCUT2D eigenvalue weighted by molar-refractivity contribution is -0.122. The van der Waals surface area contributed by atoms with Crippen LogP contribution in [-0.4, -0.2) is 29.1 Å². The van der Waals surface area contributed by atoms with Gasteiger partial charge >= 0.3 is 5.97 Å². The second kappa shape index (κ2) is 10.8. The summed E-state index contributed by atoms with van der Waals surface area (Å²) in [7, 11) is 0. The van der Waals surface area contributed by atoms with E-state index in [4.69, 9.17) is 4.74 Å². The number of carbonyl (C=O) groups excluding carboxylic acids is 2. The molecule has 3 aromatic rings. The number of hydrogen-bond acceptors (Lipinski definition) is 3. The topological polar surface area (TPSA) is 60.3 Å². The van der Waals surface area contributed by atoms with Gasteiger partial charge in [-0.3, -0.25) is 4.79 Å². The third-order valence-electron chi connectivity index (χ3n) is 5.69. The molecule has 168 valence electrons. The fraction of sp³-hybridized carbons (Fsp3) is 0.333. The monoisotopic (exact) mass is 432 g/mol. The quantitative estimate of drug-likeness (QED) is 0.479. The van der Waals surface area contributed by atoms with Gasteiger partial charge in [-0.05, 0) is 50.8 Å². The van der Waals surface area contributed by atoms with E-state index >= 15 is 0 Å². The van der Waals surface area contributed by atoms with E-state index in [0.717, 1.165) is 35.4 Å². The molecule has 0 spiro atoms. The predicted octanol–water partition coefficient (Wildman–Crippen LogP) is 5.09. The van der Waals surface area contributed by atoms with Crippen molar-refractivity contribution in [3.63, 3.8) is 0 Å². The zero-order valence-electron chi connectivity index (χ0n) is 19.4. The Kier molecular flexibility index (Phi) is 7.87. The van der Waals surface area contributed by atoms with Crippen LogP contribution in [0.3, 0.4) is 0 Å². The Labute approximate surface area is 190 Å². The number of nitrogens with zero attached hydrogens (tertiary/aromatic N) is 1. The predicted molar refractivity (Wildman–Crippen MR) is 128 cm³/mol. The van der Waals surface area contributed by atoms with E-state index < -0.39 is 0 Å². The van der Waals surface area contributed by atoms with E-state index in [2.05, 4.69) is 24.4 Å². The molecule has 0 aliphatic rings. The third-order valence-corrected chi connectivity index (χ3v) is 5.69. The molecule has 0 bridgehead atoms. The largest absolute Gasteiger partial charge is 0.462 e. The minimum absolute atomic E-state index is 0.0492. The smallest absolute Gasteiger partial charge is 0.339 e. The molecule has 0 aliphatic carbocycles. The molecular weight excluding hydrogens is 400 g/mol. The maximum absolute atomic E-state index is 13.0. The van der Waals surface area contributed by atoms with Gasteiger partial charge in [0.05, 0.1) is 12.2 Å². The van der Waals surface area contributed by atoms with Crippen molar-refractivity contribution >= 4 is 11.9 Å². The van der Waals surface area contributed by atoms with Crippen molar-refractivity contribution in [1.29, 1.82) is 0 Å². The molecule has 1 N–H and O–H groups in total. The molecule has 1 amide bonds. The highest BCUT2D eigenvalue weighted by Gasteiger charge is 2.21. The van der Waals surface area contributed by atoms with Gasteiger partial charge in [-0.15, -0.1) is 0 Å². The number of benzene rings is 2. The summed E-state index contributed by atoms with van der Waals surface area (Å²) in [4.78, 5) is 25.5. The molecule has 0 fully saturated rings. The van der Waals surface area contributed by atoms with E-state index in [-0.39, 0.29) is 24.5 Å². The molecule has 0 aliphatic heterocycles. The van der Waals surface area contributed by atoms with Crippen molar-refractivity contribution in [2.24, 2.45) is 0 Å². The van der Waals surface area contributed by atoms with Crippen LogP contribution >= 0.6 is 0 Å². The lowest BCUT2D eigenvalue weighted by Gasteiger charge is -2.19. The average Bonchev–Trinajstić information content (AvgIpc) is 3.11. The van der Waals surface area contributed by atoms with Gasteiger partial charge in [0.2, 0.25) is 5.91 Å². The summed E-state index contributed by atoms with van der Waals surface area (Å²) < 4.78 is 7.14. The molecule has 1 atom stereocenters. The number of hydrogen-bond donors (Lipinski definition) is 1. The van der Waals surface area contributed by atoms with E-state index in [9.17, 15) is 9.59 Å². The Morgan fingerprint density at radius 2 is 1.69 bits per heavy atom. The number of rotatable bonds is 9. The molecule has 5 nitrogen and oxygen atoms in total. The summed E-state index contributed by atoms with van der Waals surface area (Å²) in [5, 5.41) is 3.17. The van der Waals surface area contributed by atoms with Crippen molar-refractivity contribution in [1.82, 2.24) is 9.88 Å². The number of esters is 1. The van der Waals surface area contributed by atoms with Crippen LogP contribution in [-0.2, 0) is 22.5 Å². The Morgan fingerprint density at radius 1 is 1.00 bits per heavy atom. The first-order valence-electron chi connectivity index (χ1n) is 11.2. The highest BCUT2D eigenvalue weighted by molar-refractivity contribution is 5.93. The molecule has 0 radical (unpaired) electrons. The number of nitrogens with one attached hydrogen (secondary N) is 1. The SMILES string of the molecule is CCOC(=O)c1cc(-c2ccc(C)cc2)n(CC(=O)N[C@H](CC)Cc2ccccc2)c1C. The molecule has 3 rings (SSSR count). The maximum atomic E-state index is 13.0. The van der Waals surface area contributed by atoms with Gasteiger partial charge in [0.25, 0.3) is 0 Å². The lowest BCUT2D eigenvalue weighted by Crippen LogP contribution is -2.38. The fourth-order valence-electron chi connectivity index (χ4n) is 3.84. The van der Waals surface area contributed by atoms with Crippen LogP contribution in [0.25, 0.3) is 11.3 Å². The van der Waals surface area contributed by atoms with Crippen molar-refractivity contribution in [3.8, 4) is 11.3 Å². The molecular formula is C27H32N2O3. The van der Waals surface area contributed by atoms with Gasteiger partial charge in [0.15, 0.2) is 0 Å². The molecule has 1 heterocycles. The van der Waals surface area contributed by atoms with Crippen LogP contribution in [0, 0.1) is 13.8 Å². The number of aromatic nitrogens is 1. The number of aryl methyl sites for hydroxylation is 1.